The Bertz CT molecular complexity index is 467. The highest BCUT2D eigenvalue weighted by atomic mass is 35.5. The molecule has 7 heteroatoms. The minimum atomic E-state index is 0.404. The van der Waals surface area contributed by atoms with Gasteiger partial charge in [0.1, 0.15) is 16.0 Å². The van der Waals surface area contributed by atoms with E-state index in [-0.39, 0.29) is 0 Å². The molecule has 78 valence electrons. The van der Waals surface area contributed by atoms with Crippen LogP contribution in [0.1, 0.15) is 11.7 Å². The molecule has 0 aromatic carbocycles. The summed E-state index contributed by atoms with van der Waals surface area (Å²) < 4.78 is 5.20. The minimum Gasteiger partial charge on any atom is -0.416 e. The third-order valence-corrected chi connectivity index (χ3v) is 2.43. The molecule has 0 unspecified atom stereocenters. The lowest BCUT2D eigenvalue weighted by Gasteiger charge is -1.97. The zero-order chi connectivity index (χ0) is 10.8. The Kier molecular flexibility index (Phi) is 2.88. The van der Waals surface area contributed by atoms with Crippen LogP contribution in [0, 0.1) is 13.8 Å². The quantitative estimate of drug-likeness (QED) is 0.753. The molecule has 0 spiro atoms. The van der Waals surface area contributed by atoms with Gasteiger partial charge in [-0.05, 0) is 18.7 Å². The number of aryl methyl sites for hydroxylation is 2. The lowest BCUT2D eigenvalue weighted by molar-refractivity contribution is 0.429. The topological polar surface area (TPSA) is 64.7 Å². The summed E-state index contributed by atoms with van der Waals surface area (Å²) in [7, 11) is 0. The molecule has 2 rings (SSSR count). The summed E-state index contributed by atoms with van der Waals surface area (Å²) in [5.74, 6) is 1.13. The number of hydrogen-bond donors (Lipinski definition) is 0. The number of hydrogen-bond acceptors (Lipinski definition) is 6. The average molecular weight is 243 g/mol. The second kappa shape index (κ2) is 4.16. The molecule has 2 heterocycles. The average Bonchev–Trinajstić information content (AvgIpc) is 2.49. The monoisotopic (exact) mass is 242 g/mol. The fourth-order valence-corrected chi connectivity index (χ4v) is 2.03. The summed E-state index contributed by atoms with van der Waals surface area (Å²) in [6, 6.07) is 1.65. The first-order chi connectivity index (χ1) is 7.13. The molecular formula is C8H7ClN4OS. The maximum atomic E-state index is 5.79. The Hall–Kier alpha value is -1.14. The van der Waals surface area contributed by atoms with Crippen LogP contribution in [-0.4, -0.2) is 20.2 Å². The molecule has 0 saturated heterocycles. The molecule has 15 heavy (non-hydrogen) atoms. The van der Waals surface area contributed by atoms with Gasteiger partial charge in [0.15, 0.2) is 0 Å². The van der Waals surface area contributed by atoms with Crippen molar-refractivity contribution in [3.8, 4) is 0 Å². The summed E-state index contributed by atoms with van der Waals surface area (Å²) in [6.07, 6.45) is 0. The molecule has 0 aliphatic rings. The highest BCUT2D eigenvalue weighted by molar-refractivity contribution is 7.99. The van der Waals surface area contributed by atoms with Gasteiger partial charge < -0.3 is 4.42 Å². The van der Waals surface area contributed by atoms with E-state index in [9.17, 15) is 0 Å². The Morgan fingerprint density at radius 3 is 2.67 bits per heavy atom. The second-order valence-corrected chi connectivity index (χ2v) is 4.12. The van der Waals surface area contributed by atoms with Gasteiger partial charge in [-0.2, -0.15) is 0 Å². The van der Waals surface area contributed by atoms with Crippen LogP contribution in [0.25, 0.3) is 0 Å². The van der Waals surface area contributed by atoms with E-state index in [0.717, 1.165) is 0 Å². The van der Waals surface area contributed by atoms with Crippen LogP contribution in [0.4, 0.5) is 0 Å². The highest BCUT2D eigenvalue weighted by Crippen LogP contribution is 2.25. The largest absolute Gasteiger partial charge is 0.416 e. The Morgan fingerprint density at radius 2 is 2.07 bits per heavy atom. The molecule has 0 aliphatic carbocycles. The fraction of sp³-hybridized carbons (Fsp3) is 0.250. The fourth-order valence-electron chi connectivity index (χ4n) is 0.967. The van der Waals surface area contributed by atoms with E-state index >= 15 is 0 Å². The van der Waals surface area contributed by atoms with Gasteiger partial charge >= 0.3 is 0 Å². The van der Waals surface area contributed by atoms with Crippen LogP contribution < -0.4 is 0 Å². The normalized spacial score (nSPS) is 10.6. The molecule has 0 aliphatic heterocycles. The molecule has 0 atom stereocenters. The first kappa shape index (κ1) is 10.4. The van der Waals surface area contributed by atoms with E-state index in [1.54, 1.807) is 19.9 Å². The van der Waals surface area contributed by atoms with Crippen molar-refractivity contribution in [1.29, 1.82) is 0 Å². The van der Waals surface area contributed by atoms with Crippen molar-refractivity contribution in [2.45, 2.75) is 24.1 Å². The lowest BCUT2D eigenvalue weighted by Crippen LogP contribution is -1.89. The summed E-state index contributed by atoms with van der Waals surface area (Å²) in [4.78, 5) is 8.13. The molecule has 5 nitrogen and oxygen atoms in total. The minimum absolute atomic E-state index is 0.404. The van der Waals surface area contributed by atoms with Gasteiger partial charge in [-0.25, -0.2) is 9.97 Å². The van der Waals surface area contributed by atoms with Crippen LogP contribution in [0.3, 0.4) is 0 Å². The Balaban J connectivity index is 2.24. The van der Waals surface area contributed by atoms with E-state index in [1.807, 2.05) is 0 Å². The number of halogens is 1. The van der Waals surface area contributed by atoms with Gasteiger partial charge in [-0.3, -0.25) is 0 Å². The van der Waals surface area contributed by atoms with Crippen molar-refractivity contribution in [2.75, 3.05) is 0 Å². The first-order valence-corrected chi connectivity index (χ1v) is 5.32. The zero-order valence-corrected chi connectivity index (χ0v) is 9.63. The van der Waals surface area contributed by atoms with Crippen LogP contribution in [-0.2, 0) is 0 Å². The van der Waals surface area contributed by atoms with Crippen LogP contribution >= 0.6 is 23.4 Å². The number of rotatable bonds is 2. The third-order valence-electron chi connectivity index (χ3n) is 1.48. The van der Waals surface area contributed by atoms with Gasteiger partial charge in [0.2, 0.25) is 5.89 Å². The highest BCUT2D eigenvalue weighted by Gasteiger charge is 2.07. The summed E-state index contributed by atoms with van der Waals surface area (Å²) in [5.41, 5.74) is 0. The van der Waals surface area contributed by atoms with Gasteiger partial charge in [0.05, 0.1) is 0 Å². The van der Waals surface area contributed by atoms with Crippen molar-refractivity contribution >= 4 is 23.4 Å². The summed E-state index contributed by atoms with van der Waals surface area (Å²) >= 11 is 7.05. The Morgan fingerprint density at radius 1 is 1.27 bits per heavy atom. The van der Waals surface area contributed by atoms with Gasteiger partial charge in [-0.15, -0.1) is 10.2 Å². The van der Waals surface area contributed by atoms with Crippen molar-refractivity contribution in [3.63, 3.8) is 0 Å². The molecule has 0 amide bonds. The smallest absolute Gasteiger partial charge is 0.282 e. The van der Waals surface area contributed by atoms with Crippen molar-refractivity contribution in [2.24, 2.45) is 0 Å². The van der Waals surface area contributed by atoms with Crippen LogP contribution in [0.5, 0.6) is 0 Å². The molecule has 2 aromatic rings. The van der Waals surface area contributed by atoms with E-state index < -0.39 is 0 Å². The van der Waals surface area contributed by atoms with Gasteiger partial charge in [-0.1, -0.05) is 11.6 Å². The molecule has 0 saturated carbocycles. The molecular weight excluding hydrogens is 236 g/mol. The summed E-state index contributed by atoms with van der Waals surface area (Å²) in [5, 5.41) is 9.10. The second-order valence-electron chi connectivity index (χ2n) is 2.77. The Labute approximate surface area is 95.3 Å². The van der Waals surface area contributed by atoms with Crippen molar-refractivity contribution in [3.05, 3.63) is 22.9 Å². The van der Waals surface area contributed by atoms with Crippen LogP contribution in [0.2, 0.25) is 5.15 Å². The molecule has 0 fully saturated rings. The number of nitrogens with zero attached hydrogens (tertiary/aromatic N) is 4. The summed E-state index contributed by atoms with van der Waals surface area (Å²) in [6.45, 7) is 3.50. The van der Waals surface area contributed by atoms with E-state index in [1.165, 1.54) is 11.8 Å². The van der Waals surface area contributed by atoms with Crippen molar-refractivity contribution < 1.29 is 4.42 Å². The maximum Gasteiger partial charge on any atom is 0.282 e. The molecule has 2 aromatic heterocycles. The van der Waals surface area contributed by atoms with Crippen LogP contribution in [0.15, 0.2) is 20.7 Å². The van der Waals surface area contributed by atoms with E-state index in [4.69, 9.17) is 16.0 Å². The lowest BCUT2D eigenvalue weighted by atomic mass is 10.6. The molecule has 0 N–H and O–H groups in total. The molecule has 0 radical (unpaired) electrons. The SMILES string of the molecule is Cc1nc(Cl)cc(Sc2nnc(C)o2)n1. The maximum absolute atomic E-state index is 5.79. The van der Waals surface area contributed by atoms with E-state index in [0.29, 0.717) is 27.1 Å². The zero-order valence-electron chi connectivity index (χ0n) is 8.06. The third kappa shape index (κ3) is 2.66. The number of aromatic nitrogens is 4. The predicted octanol–water partition coefficient (Wildman–Crippen LogP) is 2.28. The molecule has 0 bridgehead atoms. The predicted molar refractivity (Wildman–Crippen MR) is 54.9 cm³/mol. The standard InChI is InChI=1S/C8H7ClN4OS/c1-4-10-6(9)3-7(11-4)15-8-13-12-5(2)14-8/h3H,1-2H3. The van der Waals surface area contributed by atoms with Gasteiger partial charge in [0.25, 0.3) is 5.22 Å². The first-order valence-electron chi connectivity index (χ1n) is 4.12. The van der Waals surface area contributed by atoms with E-state index in [2.05, 4.69) is 20.2 Å². The van der Waals surface area contributed by atoms with Crippen molar-refractivity contribution in [1.82, 2.24) is 20.2 Å². The van der Waals surface area contributed by atoms with Gasteiger partial charge in [0, 0.05) is 13.0 Å².